The quantitative estimate of drug-likeness (QED) is 0.310. The van der Waals surface area contributed by atoms with Crippen molar-refractivity contribution in [1.82, 2.24) is 0 Å². The Hall–Kier alpha value is -0.573. The molecule has 0 saturated heterocycles. The van der Waals surface area contributed by atoms with Crippen molar-refractivity contribution in [2.24, 2.45) is 0 Å². The van der Waals surface area contributed by atoms with Crippen LogP contribution in [0.2, 0.25) is 0 Å². The Morgan fingerprint density at radius 2 is 2.33 bits per heavy atom. The molecule has 0 fully saturated rings. The van der Waals surface area contributed by atoms with Crippen LogP contribution >= 0.6 is 0 Å². The second kappa shape index (κ2) is 7.43. The highest BCUT2D eigenvalue weighted by Gasteiger charge is 1.89. The molecule has 0 aromatic heterocycles. The smallest absolute Gasteiger partial charge is 0.330 e. The van der Waals surface area contributed by atoms with E-state index in [1.165, 1.54) is 0 Å². The molecule has 3 heteroatoms. The van der Waals surface area contributed by atoms with Crippen LogP contribution in [0, 0.1) is 0 Å². The van der Waals surface area contributed by atoms with E-state index in [4.69, 9.17) is 0 Å². The van der Waals surface area contributed by atoms with Gasteiger partial charge in [-0.05, 0) is 17.4 Å². The van der Waals surface area contributed by atoms with E-state index in [1.807, 2.05) is 6.92 Å². The second-order valence-electron chi connectivity index (χ2n) is 1.37. The molecule has 0 saturated carbocycles. The molecule has 0 rings (SSSR count). The first-order valence-electron chi connectivity index (χ1n) is 2.60. The van der Waals surface area contributed by atoms with Crippen LogP contribution in [0.1, 0.15) is 13.3 Å². The van der Waals surface area contributed by atoms with Crippen molar-refractivity contribution < 1.29 is 9.53 Å². The molecule has 54 valence electrons. The summed E-state index contributed by atoms with van der Waals surface area (Å²) in [5.41, 5.74) is 0. The van der Waals surface area contributed by atoms with Gasteiger partial charge in [0, 0.05) is 6.08 Å². The maximum Gasteiger partial charge on any atom is 0.330 e. The Bertz CT molecular complexity index is 91.1. The Morgan fingerprint density at radius 1 is 1.78 bits per heavy atom. The molecule has 0 radical (unpaired) electrons. The first-order valence-corrected chi connectivity index (χ1v) is 2.60. The van der Waals surface area contributed by atoms with Crippen molar-refractivity contribution >= 4 is 16.9 Å². The van der Waals surface area contributed by atoms with Crippen molar-refractivity contribution in [1.29, 1.82) is 0 Å². The van der Waals surface area contributed by atoms with Crippen LogP contribution in [-0.4, -0.2) is 23.5 Å². The van der Waals surface area contributed by atoms with Crippen molar-refractivity contribution in [3.8, 4) is 0 Å². The summed E-state index contributed by atoms with van der Waals surface area (Å²) < 4.78 is 4.58. The highest BCUT2D eigenvalue weighted by atomic mass is 28.1. The molecule has 0 heterocycles. The molecule has 0 aromatic carbocycles. The van der Waals surface area contributed by atoms with Crippen molar-refractivity contribution in [2.45, 2.75) is 13.3 Å². The van der Waals surface area contributed by atoms with Crippen molar-refractivity contribution in [3.63, 3.8) is 0 Å². The van der Waals surface area contributed by atoms with Crippen LogP contribution in [-0.2, 0) is 9.53 Å². The van der Waals surface area contributed by atoms with E-state index in [0.717, 1.165) is 12.5 Å². The molecule has 0 N–H and O–H groups in total. The topological polar surface area (TPSA) is 26.3 Å². The fourth-order valence-corrected chi connectivity index (χ4v) is 0.262. The van der Waals surface area contributed by atoms with Gasteiger partial charge in [-0.25, -0.2) is 4.79 Å². The number of hydrogen-bond acceptors (Lipinski definition) is 2. The lowest BCUT2D eigenvalue weighted by Crippen LogP contribution is -1.99. The van der Waals surface area contributed by atoms with Gasteiger partial charge in [0.1, 0.15) is 0 Å². The van der Waals surface area contributed by atoms with Crippen LogP contribution in [0.4, 0.5) is 0 Å². The molecule has 0 bridgehead atoms. The lowest BCUT2D eigenvalue weighted by atomic mass is 10.5. The molecular weight excluding hydrogens is 132 g/mol. The van der Waals surface area contributed by atoms with E-state index in [1.54, 1.807) is 0 Å². The van der Waals surface area contributed by atoms with Gasteiger partial charge >= 0.3 is 5.97 Å². The number of carbonyl (C=O) groups excluding carboxylic acids is 1. The fourth-order valence-electron chi connectivity index (χ4n) is 0.262. The van der Waals surface area contributed by atoms with Gasteiger partial charge in [0.05, 0.1) is 6.61 Å². The summed E-state index contributed by atoms with van der Waals surface area (Å²) in [7, 11) is 0. The minimum atomic E-state index is -0.341. The monoisotopic (exact) mass is 146 g/mol. The summed E-state index contributed by atoms with van der Waals surface area (Å²) in [6.07, 6.45) is 2.02. The number of carbonyl (C=O) groups is 1. The summed E-state index contributed by atoms with van der Waals surface area (Å²) >= 11 is 0. The van der Waals surface area contributed by atoms with Gasteiger partial charge in [0.15, 0.2) is 0 Å². The molecule has 0 aromatic rings. The van der Waals surface area contributed by atoms with Gasteiger partial charge in [-0.3, -0.25) is 0 Å². The average molecular weight is 146 g/mol. The summed E-state index contributed by atoms with van der Waals surface area (Å²) in [6.45, 7) is 5.67. The van der Waals surface area contributed by atoms with E-state index in [2.05, 4.69) is 11.3 Å². The van der Waals surface area contributed by atoms with Gasteiger partial charge in [0.2, 0.25) is 0 Å². The molecule has 0 spiro atoms. The highest BCUT2D eigenvalue weighted by molar-refractivity contribution is 5.81. The summed E-state index contributed by atoms with van der Waals surface area (Å²) in [5, 5.41) is 0. The van der Waals surface area contributed by atoms with Gasteiger partial charge in [-0.1, -0.05) is 13.5 Å². The number of esters is 1. The predicted octanol–water partition coefficient (Wildman–Crippen LogP) is -0.326. The van der Waals surface area contributed by atoms with Crippen LogP contribution in [0.15, 0.2) is 12.7 Å². The van der Waals surface area contributed by atoms with Crippen molar-refractivity contribution in [2.75, 3.05) is 6.61 Å². The summed E-state index contributed by atoms with van der Waals surface area (Å²) in [5.74, 6) is -0.341. The zero-order valence-corrected chi connectivity index (χ0v) is 5.02. The summed E-state index contributed by atoms with van der Waals surface area (Å²) in [4.78, 5) is 10.2. The molecule has 0 unspecified atom stereocenters. The van der Waals surface area contributed by atoms with E-state index in [-0.39, 0.29) is 16.9 Å². The Kier molecular flexibility index (Phi) is 9.29. The third-order valence-corrected chi connectivity index (χ3v) is 0.615. The Labute approximate surface area is 59.9 Å². The van der Waals surface area contributed by atoms with E-state index in [0.29, 0.717) is 6.61 Å². The van der Waals surface area contributed by atoms with Gasteiger partial charge in [0.25, 0.3) is 0 Å². The first kappa shape index (κ1) is 11.3. The van der Waals surface area contributed by atoms with Crippen LogP contribution in [0.3, 0.4) is 0 Å². The number of hydrogen-bond donors (Lipinski definition) is 0. The Morgan fingerprint density at radius 3 is 2.67 bits per heavy atom. The maximum absolute atomic E-state index is 10.2. The van der Waals surface area contributed by atoms with Crippen LogP contribution in [0.5, 0.6) is 0 Å². The molecule has 0 aliphatic carbocycles. The first-order chi connectivity index (χ1) is 3.81. The number of rotatable bonds is 3. The maximum atomic E-state index is 10.2. The molecule has 0 amide bonds. The Balaban J connectivity index is 0. The SMILES string of the molecule is C=CC(=O)OCCC.[SiH4]. The normalized spacial score (nSPS) is 7.22. The van der Waals surface area contributed by atoms with Gasteiger partial charge in [-0.15, -0.1) is 0 Å². The zero-order chi connectivity index (χ0) is 6.41. The van der Waals surface area contributed by atoms with Gasteiger partial charge < -0.3 is 4.74 Å². The summed E-state index contributed by atoms with van der Waals surface area (Å²) in [6, 6.07) is 0. The molecular formula is C6H14O2Si. The van der Waals surface area contributed by atoms with Crippen LogP contribution in [0.25, 0.3) is 0 Å². The standard InChI is InChI=1S/C6H10O2.H4Si/c1-3-5-8-6(7)4-2;/h4H,2-3,5H2,1H3;1H4. The molecule has 0 aliphatic heterocycles. The molecule has 0 atom stereocenters. The van der Waals surface area contributed by atoms with E-state index in [9.17, 15) is 4.79 Å². The third-order valence-electron chi connectivity index (χ3n) is 0.615. The average Bonchev–Trinajstić information content (AvgIpc) is 1.83. The van der Waals surface area contributed by atoms with E-state index >= 15 is 0 Å². The van der Waals surface area contributed by atoms with Crippen LogP contribution < -0.4 is 0 Å². The highest BCUT2D eigenvalue weighted by Crippen LogP contribution is 1.81. The largest absolute Gasteiger partial charge is 0.463 e. The lowest BCUT2D eigenvalue weighted by Gasteiger charge is -1.94. The minimum absolute atomic E-state index is 0. The van der Waals surface area contributed by atoms with Gasteiger partial charge in [-0.2, -0.15) is 0 Å². The zero-order valence-electron chi connectivity index (χ0n) is 5.02. The molecule has 0 aliphatic rings. The third kappa shape index (κ3) is 7.43. The number of ether oxygens (including phenoxy) is 1. The molecule has 9 heavy (non-hydrogen) atoms. The predicted molar refractivity (Wildman–Crippen MR) is 42.8 cm³/mol. The lowest BCUT2D eigenvalue weighted by molar-refractivity contribution is -0.137. The molecule has 2 nitrogen and oxygen atoms in total. The minimum Gasteiger partial charge on any atom is -0.463 e. The fraction of sp³-hybridized carbons (Fsp3) is 0.500. The van der Waals surface area contributed by atoms with E-state index < -0.39 is 0 Å². The second-order valence-corrected chi connectivity index (χ2v) is 1.37. The van der Waals surface area contributed by atoms with Crippen molar-refractivity contribution in [3.05, 3.63) is 12.7 Å².